The van der Waals surface area contributed by atoms with Gasteiger partial charge in [0.25, 0.3) is 0 Å². The van der Waals surface area contributed by atoms with Gasteiger partial charge in [-0.25, -0.2) is 0 Å². The first-order valence-corrected chi connectivity index (χ1v) is 19.7. The molecular weight excluding hydrogens is 394 g/mol. The van der Waals surface area contributed by atoms with Crippen LogP contribution in [0.25, 0.3) is 0 Å². The van der Waals surface area contributed by atoms with Crippen molar-refractivity contribution >= 4 is 36.0 Å². The van der Waals surface area contributed by atoms with Crippen molar-refractivity contribution in [2.45, 2.75) is 60.7 Å². The maximum absolute atomic E-state index is 2.57. The van der Waals surface area contributed by atoms with E-state index >= 15 is 0 Å². The van der Waals surface area contributed by atoms with E-state index in [2.05, 4.69) is 80.6 Å². The molecular formula is C22H33BSn. The van der Waals surface area contributed by atoms with Crippen LogP contribution in [0.5, 0.6) is 0 Å². The van der Waals surface area contributed by atoms with E-state index in [-0.39, 0.29) is 0 Å². The van der Waals surface area contributed by atoms with Crippen LogP contribution in [-0.2, 0) is 0 Å². The van der Waals surface area contributed by atoms with Gasteiger partial charge in [0.15, 0.2) is 0 Å². The molecule has 0 aliphatic rings. The summed E-state index contributed by atoms with van der Waals surface area (Å²) in [7, 11) is 0. The fourth-order valence-corrected chi connectivity index (χ4v) is 9.10. The Morgan fingerprint density at radius 3 is 1.17 bits per heavy atom. The Kier molecular flexibility index (Phi) is 5.95. The van der Waals surface area contributed by atoms with Gasteiger partial charge in [0.1, 0.15) is 0 Å². The molecule has 128 valence electrons. The summed E-state index contributed by atoms with van der Waals surface area (Å²) in [6, 6.07) is 9.47. The molecule has 0 saturated carbocycles. The number of hydrogen-bond acceptors (Lipinski definition) is 0. The van der Waals surface area contributed by atoms with E-state index < -0.39 is 18.4 Å². The van der Waals surface area contributed by atoms with E-state index in [1.54, 1.807) is 10.9 Å². The minimum atomic E-state index is -1.97. The first kappa shape index (κ1) is 19.6. The maximum atomic E-state index is 2.57. The summed E-state index contributed by atoms with van der Waals surface area (Å²) in [6.45, 7) is 14.2. The van der Waals surface area contributed by atoms with Gasteiger partial charge < -0.3 is 0 Å². The van der Waals surface area contributed by atoms with Crippen LogP contribution in [0.3, 0.4) is 0 Å². The van der Waals surface area contributed by atoms with Gasteiger partial charge in [0.05, 0.1) is 0 Å². The number of aryl methyl sites for hydroxylation is 6. The molecule has 0 nitrogen and oxygen atoms in total. The van der Waals surface area contributed by atoms with Gasteiger partial charge in [0, 0.05) is 0 Å². The number of hydrogen-bond donors (Lipinski definition) is 0. The van der Waals surface area contributed by atoms with E-state index in [9.17, 15) is 0 Å². The van der Waals surface area contributed by atoms with Crippen molar-refractivity contribution in [3.05, 3.63) is 57.6 Å². The fraction of sp³-hybridized carbons (Fsp3) is 0.455. The minimum absolute atomic E-state index is 0.557. The van der Waals surface area contributed by atoms with Gasteiger partial charge in [-0.05, 0) is 0 Å². The van der Waals surface area contributed by atoms with Crippen LogP contribution in [0.1, 0.15) is 33.4 Å². The van der Waals surface area contributed by atoms with Crippen LogP contribution >= 0.6 is 0 Å². The molecule has 2 heteroatoms. The fourth-order valence-electron chi connectivity index (χ4n) is 4.44. The average Bonchev–Trinajstić information content (AvgIpc) is 2.33. The van der Waals surface area contributed by atoms with Gasteiger partial charge >= 0.3 is 154 Å². The average molecular weight is 427 g/mol. The predicted molar refractivity (Wildman–Crippen MR) is 114 cm³/mol. The molecule has 0 bridgehead atoms. The third kappa shape index (κ3) is 4.47. The molecule has 0 unspecified atom stereocenters. The summed E-state index contributed by atoms with van der Waals surface area (Å²) in [5, 5.41) is 0. The molecule has 0 atom stereocenters. The molecule has 24 heavy (non-hydrogen) atoms. The summed E-state index contributed by atoms with van der Waals surface area (Å²) in [6.07, 6.45) is 0. The quantitative estimate of drug-likeness (QED) is 0.602. The topological polar surface area (TPSA) is 0 Å². The predicted octanol–water partition coefficient (Wildman–Crippen LogP) is 5.02. The molecule has 0 spiro atoms. The molecule has 2 aromatic carbocycles. The second-order valence-electron chi connectivity index (χ2n) is 8.94. The van der Waals surface area contributed by atoms with Crippen molar-refractivity contribution in [2.75, 3.05) is 0 Å². The Balaban J connectivity index is 2.73. The Morgan fingerprint density at radius 2 is 0.917 bits per heavy atom. The molecule has 2 aromatic rings. The SMILES string of the molecule is Cc1cc(C)c(B([CH2][Sn]([CH3])([CH3])[CH3])c2c(C)cc(C)cc2C)c(C)c1. The van der Waals surface area contributed by atoms with Crippen LogP contribution in [0.2, 0.25) is 19.2 Å². The Labute approximate surface area is 154 Å². The monoisotopic (exact) mass is 428 g/mol. The molecule has 0 aliphatic heterocycles. The Bertz CT molecular complexity index is 650. The van der Waals surface area contributed by atoms with E-state index in [0.717, 1.165) is 0 Å². The number of rotatable bonds is 4. The van der Waals surface area contributed by atoms with Crippen LogP contribution in [0.4, 0.5) is 0 Å². The van der Waals surface area contributed by atoms with Crippen molar-refractivity contribution in [1.82, 2.24) is 0 Å². The van der Waals surface area contributed by atoms with Crippen molar-refractivity contribution in [1.29, 1.82) is 0 Å². The molecule has 0 saturated heterocycles. The van der Waals surface area contributed by atoms with Crippen molar-refractivity contribution < 1.29 is 0 Å². The molecule has 2 rings (SSSR count). The number of benzene rings is 2. The third-order valence-corrected chi connectivity index (χ3v) is 9.65. The first-order valence-electron chi connectivity index (χ1n) is 9.15. The molecule has 0 fully saturated rings. The van der Waals surface area contributed by atoms with Crippen LogP contribution in [0.15, 0.2) is 24.3 Å². The molecule has 0 aromatic heterocycles. The van der Waals surface area contributed by atoms with Crippen LogP contribution in [-0.4, -0.2) is 25.1 Å². The van der Waals surface area contributed by atoms with E-state index in [0.29, 0.717) is 6.71 Å². The second-order valence-corrected chi connectivity index (χ2v) is 24.7. The Morgan fingerprint density at radius 1 is 0.625 bits per heavy atom. The van der Waals surface area contributed by atoms with Gasteiger partial charge in [-0.1, -0.05) is 0 Å². The molecule has 0 amide bonds. The standard InChI is InChI=1S/C19H24B.3CH3.Sn/c1-12-8-14(3)18(15(4)9-12)20(7)19-16(5)10-13(2)11-17(19)6;;;;/h8-11H,7H2,1-6H3;3*1H3;. The van der Waals surface area contributed by atoms with Gasteiger partial charge in [-0.15, -0.1) is 0 Å². The normalized spacial score (nSPS) is 11.7. The summed E-state index contributed by atoms with van der Waals surface area (Å²) >= 11 is -1.97. The molecule has 0 heterocycles. The summed E-state index contributed by atoms with van der Waals surface area (Å²) in [5.74, 6) is 0. The van der Waals surface area contributed by atoms with E-state index in [1.165, 1.54) is 37.7 Å². The zero-order chi connectivity index (χ0) is 18.2. The zero-order valence-electron chi connectivity index (χ0n) is 17.1. The van der Waals surface area contributed by atoms with E-state index in [1.807, 2.05) is 0 Å². The van der Waals surface area contributed by atoms with Gasteiger partial charge in [-0.3, -0.25) is 0 Å². The van der Waals surface area contributed by atoms with Crippen LogP contribution in [0, 0.1) is 41.5 Å². The third-order valence-electron chi connectivity index (χ3n) is 4.99. The summed E-state index contributed by atoms with van der Waals surface area (Å²) in [5.41, 5.74) is 11.8. The molecule has 0 radical (unpaired) electrons. The van der Waals surface area contributed by atoms with Crippen molar-refractivity contribution in [3.8, 4) is 0 Å². The Hall–Kier alpha value is -0.696. The van der Waals surface area contributed by atoms with Crippen LogP contribution < -0.4 is 10.9 Å². The van der Waals surface area contributed by atoms with Crippen molar-refractivity contribution in [3.63, 3.8) is 0 Å². The van der Waals surface area contributed by atoms with Crippen molar-refractivity contribution in [2.24, 2.45) is 0 Å². The summed E-state index contributed by atoms with van der Waals surface area (Å²) < 4.78 is 1.38. The second kappa shape index (κ2) is 7.27. The summed E-state index contributed by atoms with van der Waals surface area (Å²) in [4.78, 5) is 7.71. The van der Waals surface area contributed by atoms with E-state index in [4.69, 9.17) is 0 Å². The zero-order valence-corrected chi connectivity index (χ0v) is 19.9. The molecule has 0 N–H and O–H groups in total. The first-order chi connectivity index (χ1) is 11.0. The van der Waals surface area contributed by atoms with Gasteiger partial charge in [0.2, 0.25) is 0 Å². The molecule has 0 aliphatic carbocycles. The van der Waals surface area contributed by atoms with Gasteiger partial charge in [-0.2, -0.15) is 0 Å².